The highest BCUT2D eigenvalue weighted by Gasteiger charge is 2.29. The molecule has 2 N–H and O–H groups in total. The van der Waals surface area contributed by atoms with Gasteiger partial charge in [0, 0.05) is 37.4 Å². The zero-order valence-corrected chi connectivity index (χ0v) is 17.2. The minimum atomic E-state index is -0.0601. The average molecular weight is 418 g/mol. The Balaban J connectivity index is 0.00000240. The molecular weight excluding hydrogens is 390 g/mol. The summed E-state index contributed by atoms with van der Waals surface area (Å²) in [6, 6.07) is 11.6. The molecule has 1 atom stereocenters. The standard InChI is InChI=1S/C21H27N5O2.ClH/c27-20(23-17-5-2-1-3-6-17)16-8-12-25(13-9-16)21(28)19-10-14-26(24-19)18-7-4-11-22-15-18;/h1-3,5-6,10,14,16,18,22H,4,7-9,11-13,15H2,(H,23,27);1H. The van der Waals surface area contributed by atoms with E-state index in [0.29, 0.717) is 37.7 Å². The molecule has 2 aromatic rings. The van der Waals surface area contributed by atoms with Gasteiger partial charge >= 0.3 is 0 Å². The van der Waals surface area contributed by atoms with Gasteiger partial charge in [-0.2, -0.15) is 5.10 Å². The molecule has 2 aliphatic heterocycles. The summed E-state index contributed by atoms with van der Waals surface area (Å²) < 4.78 is 1.92. The van der Waals surface area contributed by atoms with Crippen LogP contribution < -0.4 is 10.6 Å². The van der Waals surface area contributed by atoms with E-state index in [2.05, 4.69) is 15.7 Å². The van der Waals surface area contributed by atoms with E-state index in [-0.39, 0.29) is 30.1 Å². The van der Waals surface area contributed by atoms with Gasteiger partial charge in [-0.25, -0.2) is 0 Å². The van der Waals surface area contributed by atoms with Gasteiger partial charge in [0.2, 0.25) is 5.91 Å². The lowest BCUT2D eigenvalue weighted by Gasteiger charge is -2.31. The monoisotopic (exact) mass is 417 g/mol. The van der Waals surface area contributed by atoms with Crippen LogP contribution in [-0.4, -0.2) is 52.7 Å². The van der Waals surface area contributed by atoms with E-state index in [1.165, 1.54) is 0 Å². The Labute approximate surface area is 177 Å². The van der Waals surface area contributed by atoms with Crippen molar-refractivity contribution < 1.29 is 9.59 Å². The molecule has 4 rings (SSSR count). The van der Waals surface area contributed by atoms with E-state index in [1.54, 1.807) is 0 Å². The van der Waals surface area contributed by atoms with E-state index in [9.17, 15) is 9.59 Å². The number of halogens is 1. The van der Waals surface area contributed by atoms with Crippen molar-refractivity contribution in [3.8, 4) is 0 Å². The van der Waals surface area contributed by atoms with Gasteiger partial charge < -0.3 is 15.5 Å². The first-order chi connectivity index (χ1) is 13.7. The highest BCUT2D eigenvalue weighted by Crippen LogP contribution is 2.21. The maximum absolute atomic E-state index is 12.8. The summed E-state index contributed by atoms with van der Waals surface area (Å²) in [5.74, 6) is -0.0630. The van der Waals surface area contributed by atoms with Crippen molar-refractivity contribution in [3.05, 3.63) is 48.3 Å². The van der Waals surface area contributed by atoms with Crippen molar-refractivity contribution in [3.63, 3.8) is 0 Å². The molecule has 1 aromatic heterocycles. The zero-order chi connectivity index (χ0) is 19.3. The molecule has 0 spiro atoms. The molecule has 3 heterocycles. The molecule has 2 amide bonds. The summed E-state index contributed by atoms with van der Waals surface area (Å²) in [7, 11) is 0. The van der Waals surface area contributed by atoms with Gasteiger partial charge in [0.1, 0.15) is 5.69 Å². The summed E-state index contributed by atoms with van der Waals surface area (Å²) in [4.78, 5) is 27.1. The topological polar surface area (TPSA) is 79.3 Å². The third-order valence-corrected chi connectivity index (χ3v) is 5.67. The SMILES string of the molecule is Cl.O=C(Nc1ccccc1)C1CCN(C(=O)c2ccn(C3CCCNC3)n2)CC1. The number of benzene rings is 1. The number of anilines is 1. The van der Waals surface area contributed by atoms with Gasteiger partial charge in [0.05, 0.1) is 6.04 Å². The van der Waals surface area contributed by atoms with Crippen molar-refractivity contribution in [2.45, 2.75) is 31.7 Å². The molecule has 0 saturated carbocycles. The van der Waals surface area contributed by atoms with Crippen LogP contribution in [0.4, 0.5) is 5.69 Å². The van der Waals surface area contributed by atoms with Crippen molar-refractivity contribution in [1.29, 1.82) is 0 Å². The smallest absolute Gasteiger partial charge is 0.274 e. The first kappa shape index (κ1) is 21.3. The Morgan fingerprint density at radius 2 is 1.83 bits per heavy atom. The van der Waals surface area contributed by atoms with E-state index in [1.807, 2.05) is 52.2 Å². The number of likely N-dealkylation sites (tertiary alicyclic amines) is 1. The summed E-state index contributed by atoms with van der Waals surface area (Å²) in [5, 5.41) is 10.9. The van der Waals surface area contributed by atoms with E-state index >= 15 is 0 Å². The van der Waals surface area contributed by atoms with Crippen LogP contribution in [0.2, 0.25) is 0 Å². The molecule has 2 saturated heterocycles. The normalized spacial score (nSPS) is 20.0. The number of hydrogen-bond donors (Lipinski definition) is 2. The van der Waals surface area contributed by atoms with Gasteiger partial charge in [-0.1, -0.05) is 18.2 Å². The molecule has 29 heavy (non-hydrogen) atoms. The van der Waals surface area contributed by atoms with Crippen LogP contribution >= 0.6 is 12.4 Å². The quantitative estimate of drug-likeness (QED) is 0.801. The number of carbonyl (C=O) groups is 2. The largest absolute Gasteiger partial charge is 0.337 e. The molecule has 2 aliphatic rings. The summed E-state index contributed by atoms with van der Waals surface area (Å²) in [6.45, 7) is 3.13. The lowest BCUT2D eigenvalue weighted by Crippen LogP contribution is -2.41. The number of carbonyl (C=O) groups excluding carboxylic acids is 2. The van der Waals surface area contributed by atoms with Crippen LogP contribution in [0.1, 0.15) is 42.2 Å². The van der Waals surface area contributed by atoms with Gasteiger partial charge in [0.25, 0.3) is 5.91 Å². The zero-order valence-electron chi connectivity index (χ0n) is 16.4. The second kappa shape index (κ2) is 9.89. The molecule has 156 valence electrons. The van der Waals surface area contributed by atoms with Crippen LogP contribution in [-0.2, 0) is 4.79 Å². The fourth-order valence-electron chi connectivity index (χ4n) is 3.99. The number of piperidine rings is 2. The average Bonchev–Trinajstić information content (AvgIpc) is 3.25. The second-order valence-corrected chi connectivity index (χ2v) is 7.60. The fourth-order valence-corrected chi connectivity index (χ4v) is 3.99. The van der Waals surface area contributed by atoms with Gasteiger partial charge in [-0.3, -0.25) is 14.3 Å². The lowest BCUT2D eigenvalue weighted by atomic mass is 9.95. The summed E-state index contributed by atoms with van der Waals surface area (Å²) >= 11 is 0. The minimum absolute atomic E-state index is 0. The Hall–Kier alpha value is -2.38. The Morgan fingerprint density at radius 1 is 1.07 bits per heavy atom. The number of nitrogens with zero attached hydrogens (tertiary/aromatic N) is 3. The molecule has 0 aliphatic carbocycles. The van der Waals surface area contributed by atoms with Crippen LogP contribution in [0.3, 0.4) is 0 Å². The lowest BCUT2D eigenvalue weighted by molar-refractivity contribution is -0.121. The number of aromatic nitrogens is 2. The Morgan fingerprint density at radius 3 is 2.52 bits per heavy atom. The molecular formula is C21H28ClN5O2. The number of para-hydroxylation sites is 1. The first-order valence-corrected chi connectivity index (χ1v) is 10.1. The number of rotatable bonds is 4. The van der Waals surface area contributed by atoms with E-state index in [0.717, 1.165) is 31.6 Å². The predicted octanol–water partition coefficient (Wildman–Crippen LogP) is 2.72. The molecule has 7 nitrogen and oxygen atoms in total. The Bertz CT molecular complexity index is 811. The molecule has 2 fully saturated rings. The van der Waals surface area contributed by atoms with E-state index < -0.39 is 0 Å². The third kappa shape index (κ3) is 5.16. The van der Waals surface area contributed by atoms with Crippen LogP contribution in [0.5, 0.6) is 0 Å². The summed E-state index contributed by atoms with van der Waals surface area (Å²) in [5.41, 5.74) is 1.31. The van der Waals surface area contributed by atoms with Crippen molar-refractivity contribution in [2.24, 2.45) is 5.92 Å². The maximum atomic E-state index is 12.8. The number of hydrogen-bond acceptors (Lipinski definition) is 4. The highest BCUT2D eigenvalue weighted by atomic mass is 35.5. The molecule has 1 aromatic carbocycles. The van der Waals surface area contributed by atoms with Gasteiger partial charge in [-0.15, -0.1) is 12.4 Å². The molecule has 0 radical (unpaired) electrons. The van der Waals surface area contributed by atoms with Gasteiger partial charge in [0.15, 0.2) is 0 Å². The van der Waals surface area contributed by atoms with Crippen molar-refractivity contribution in [1.82, 2.24) is 20.0 Å². The van der Waals surface area contributed by atoms with Crippen LogP contribution in [0.15, 0.2) is 42.6 Å². The van der Waals surface area contributed by atoms with Crippen LogP contribution in [0.25, 0.3) is 0 Å². The Kier molecular flexibility index (Phi) is 7.28. The van der Waals surface area contributed by atoms with Crippen molar-refractivity contribution in [2.75, 3.05) is 31.5 Å². The predicted molar refractivity (Wildman–Crippen MR) is 114 cm³/mol. The number of amides is 2. The minimum Gasteiger partial charge on any atom is -0.337 e. The number of nitrogens with one attached hydrogen (secondary N) is 2. The molecule has 1 unspecified atom stereocenters. The van der Waals surface area contributed by atoms with Crippen LogP contribution in [0, 0.1) is 5.92 Å². The maximum Gasteiger partial charge on any atom is 0.274 e. The molecule has 0 bridgehead atoms. The second-order valence-electron chi connectivity index (χ2n) is 7.60. The van der Waals surface area contributed by atoms with E-state index in [4.69, 9.17) is 0 Å². The third-order valence-electron chi connectivity index (χ3n) is 5.67. The molecule has 8 heteroatoms. The summed E-state index contributed by atoms with van der Waals surface area (Å²) in [6.07, 6.45) is 5.48. The first-order valence-electron chi connectivity index (χ1n) is 10.1. The van der Waals surface area contributed by atoms with Gasteiger partial charge in [-0.05, 0) is 50.4 Å². The highest BCUT2D eigenvalue weighted by molar-refractivity contribution is 5.94. The van der Waals surface area contributed by atoms with Crippen molar-refractivity contribution >= 4 is 29.9 Å². The fraction of sp³-hybridized carbons (Fsp3) is 0.476.